The second-order valence-electron chi connectivity index (χ2n) is 5.32. The van der Waals surface area contributed by atoms with Gasteiger partial charge in [0.2, 0.25) is 0 Å². The molecule has 1 aromatic carbocycles. The van der Waals surface area contributed by atoms with Crippen LogP contribution in [0.2, 0.25) is 0 Å². The minimum atomic E-state index is -0.0731. The van der Waals surface area contributed by atoms with Gasteiger partial charge in [0.05, 0.1) is 10.7 Å². The van der Waals surface area contributed by atoms with Crippen molar-refractivity contribution in [3.05, 3.63) is 40.2 Å². The maximum absolute atomic E-state index is 12.6. The van der Waals surface area contributed by atoms with E-state index < -0.39 is 0 Å². The predicted octanol–water partition coefficient (Wildman–Crippen LogP) is 4.21. The van der Waals surface area contributed by atoms with Crippen LogP contribution in [0, 0.1) is 6.92 Å². The number of nitrogens with two attached hydrogens (primary N) is 1. The average molecular weight is 390 g/mol. The van der Waals surface area contributed by atoms with Crippen molar-refractivity contribution in [3.8, 4) is 11.3 Å². The summed E-state index contributed by atoms with van der Waals surface area (Å²) in [5.41, 5.74) is 7.49. The Hall–Kier alpha value is -1.14. The molecule has 0 aliphatic rings. The summed E-state index contributed by atoms with van der Waals surface area (Å²) in [4.78, 5) is 17.8. The summed E-state index contributed by atoms with van der Waals surface area (Å²) in [6.07, 6.45) is 3.08. The fourth-order valence-corrected chi connectivity index (χ4v) is 3.17. The predicted molar refractivity (Wildman–Crippen MR) is 107 cm³/mol. The quantitative estimate of drug-likeness (QED) is 0.744. The first-order chi connectivity index (χ1) is 10.7. The number of aromatic nitrogens is 1. The molecular weight excluding hydrogens is 365 g/mol. The number of halogens is 2. The molecule has 0 saturated heterocycles. The van der Waals surface area contributed by atoms with Crippen molar-refractivity contribution in [2.24, 2.45) is 5.73 Å². The van der Waals surface area contributed by atoms with Crippen LogP contribution >= 0.6 is 36.2 Å². The van der Waals surface area contributed by atoms with Gasteiger partial charge in [-0.2, -0.15) is 0 Å². The zero-order valence-corrected chi connectivity index (χ0v) is 16.4. The maximum atomic E-state index is 12.6. The molecule has 1 unspecified atom stereocenters. The number of amides is 1. The van der Waals surface area contributed by atoms with Crippen LogP contribution < -0.4 is 11.1 Å². The Kier molecular flexibility index (Phi) is 10.9. The summed E-state index contributed by atoms with van der Waals surface area (Å²) in [5, 5.41) is 3.94. The standard InChI is InChI=1S/C17H23N3OS.2ClH/c1-3-4-10-14(11-18)20-17(21)16-15(19-12(2)22-16)13-8-6-5-7-9-13;;/h5-9,14H,3-4,10-11,18H2,1-2H3,(H,20,21);2*1H. The SMILES string of the molecule is CCCCC(CN)NC(=O)c1sc(C)nc1-c1ccccc1.Cl.Cl. The molecule has 4 nitrogen and oxygen atoms in total. The minimum absolute atomic E-state index is 0. The fourth-order valence-electron chi connectivity index (χ4n) is 2.32. The largest absolute Gasteiger partial charge is 0.347 e. The van der Waals surface area contributed by atoms with E-state index in [2.05, 4.69) is 17.2 Å². The van der Waals surface area contributed by atoms with E-state index in [1.54, 1.807) is 0 Å². The number of hydrogen-bond donors (Lipinski definition) is 2. The number of rotatable bonds is 7. The zero-order chi connectivity index (χ0) is 15.9. The first kappa shape index (κ1) is 22.9. The number of nitrogens with zero attached hydrogens (tertiary/aromatic N) is 1. The highest BCUT2D eigenvalue weighted by Gasteiger charge is 2.20. The lowest BCUT2D eigenvalue weighted by Crippen LogP contribution is -2.40. The molecule has 134 valence electrons. The molecule has 1 atom stereocenters. The molecule has 1 aromatic heterocycles. The van der Waals surface area contributed by atoms with Crippen LogP contribution in [0.15, 0.2) is 30.3 Å². The number of hydrogen-bond acceptors (Lipinski definition) is 4. The van der Waals surface area contributed by atoms with Crippen molar-refractivity contribution in [2.45, 2.75) is 39.2 Å². The van der Waals surface area contributed by atoms with Crippen LogP contribution in [0.3, 0.4) is 0 Å². The first-order valence-electron chi connectivity index (χ1n) is 7.69. The molecular formula is C17H25Cl2N3OS. The number of unbranched alkanes of at least 4 members (excludes halogenated alkanes) is 1. The summed E-state index contributed by atoms with van der Waals surface area (Å²) in [6, 6.07) is 9.84. The van der Waals surface area contributed by atoms with Gasteiger partial charge < -0.3 is 11.1 Å². The third kappa shape index (κ3) is 6.06. The smallest absolute Gasteiger partial charge is 0.263 e. The van der Waals surface area contributed by atoms with E-state index in [4.69, 9.17) is 5.73 Å². The number of nitrogens with one attached hydrogen (secondary N) is 1. The van der Waals surface area contributed by atoms with Gasteiger partial charge in [-0.15, -0.1) is 36.2 Å². The number of benzene rings is 1. The van der Waals surface area contributed by atoms with Gasteiger partial charge in [-0.1, -0.05) is 50.1 Å². The minimum Gasteiger partial charge on any atom is -0.347 e. The fraction of sp³-hybridized carbons (Fsp3) is 0.412. The van der Waals surface area contributed by atoms with Gasteiger partial charge in [-0.25, -0.2) is 4.98 Å². The van der Waals surface area contributed by atoms with E-state index in [0.717, 1.165) is 35.5 Å². The lowest BCUT2D eigenvalue weighted by atomic mass is 10.1. The molecule has 0 spiro atoms. The molecule has 1 amide bonds. The number of carbonyl (C=O) groups excluding carboxylic acids is 1. The number of aryl methyl sites for hydroxylation is 1. The summed E-state index contributed by atoms with van der Waals surface area (Å²) in [5.74, 6) is -0.0731. The van der Waals surface area contributed by atoms with Crippen molar-refractivity contribution in [3.63, 3.8) is 0 Å². The Bertz CT molecular complexity index is 620. The summed E-state index contributed by atoms with van der Waals surface area (Å²) in [7, 11) is 0. The molecule has 0 fully saturated rings. The van der Waals surface area contributed by atoms with E-state index in [1.807, 2.05) is 37.3 Å². The molecule has 0 radical (unpaired) electrons. The summed E-state index contributed by atoms with van der Waals surface area (Å²) in [6.45, 7) is 4.52. The normalized spacial score (nSPS) is 11.1. The van der Waals surface area contributed by atoms with E-state index in [1.165, 1.54) is 11.3 Å². The molecule has 0 aliphatic carbocycles. The second kappa shape index (κ2) is 11.4. The van der Waals surface area contributed by atoms with E-state index >= 15 is 0 Å². The van der Waals surface area contributed by atoms with Gasteiger partial charge in [0.25, 0.3) is 5.91 Å². The Morgan fingerprint density at radius 2 is 1.96 bits per heavy atom. The molecule has 24 heavy (non-hydrogen) atoms. The van der Waals surface area contributed by atoms with E-state index in [9.17, 15) is 4.79 Å². The summed E-state index contributed by atoms with van der Waals surface area (Å²) < 4.78 is 0. The number of carbonyl (C=O) groups is 1. The van der Waals surface area contributed by atoms with Crippen LogP contribution in [-0.4, -0.2) is 23.5 Å². The molecule has 1 heterocycles. The van der Waals surface area contributed by atoms with Crippen LogP contribution in [0.4, 0.5) is 0 Å². The second-order valence-corrected chi connectivity index (χ2v) is 6.53. The highest BCUT2D eigenvalue weighted by Crippen LogP contribution is 2.27. The van der Waals surface area contributed by atoms with Crippen molar-refractivity contribution in [1.82, 2.24) is 10.3 Å². The van der Waals surface area contributed by atoms with Crippen molar-refractivity contribution >= 4 is 42.1 Å². The Morgan fingerprint density at radius 3 is 2.54 bits per heavy atom. The van der Waals surface area contributed by atoms with Crippen molar-refractivity contribution in [2.75, 3.05) is 6.54 Å². The Labute approximate surface area is 160 Å². The highest BCUT2D eigenvalue weighted by atomic mass is 35.5. The molecule has 0 bridgehead atoms. The molecule has 3 N–H and O–H groups in total. The van der Waals surface area contributed by atoms with Crippen molar-refractivity contribution in [1.29, 1.82) is 0 Å². The van der Waals surface area contributed by atoms with Crippen LogP contribution in [0.1, 0.15) is 40.9 Å². The van der Waals surface area contributed by atoms with Gasteiger partial charge in [0.1, 0.15) is 4.88 Å². The Morgan fingerprint density at radius 1 is 1.29 bits per heavy atom. The highest BCUT2D eigenvalue weighted by molar-refractivity contribution is 7.14. The third-order valence-electron chi connectivity index (χ3n) is 3.51. The summed E-state index contributed by atoms with van der Waals surface area (Å²) >= 11 is 1.43. The lowest BCUT2D eigenvalue weighted by molar-refractivity contribution is 0.0940. The van der Waals surface area contributed by atoms with Gasteiger partial charge >= 0.3 is 0 Å². The molecule has 0 saturated carbocycles. The average Bonchev–Trinajstić information content (AvgIpc) is 2.94. The van der Waals surface area contributed by atoms with E-state index in [-0.39, 0.29) is 36.8 Å². The van der Waals surface area contributed by atoms with Crippen LogP contribution in [0.25, 0.3) is 11.3 Å². The first-order valence-corrected chi connectivity index (χ1v) is 8.51. The van der Waals surface area contributed by atoms with Gasteiger partial charge in [0.15, 0.2) is 0 Å². The lowest BCUT2D eigenvalue weighted by Gasteiger charge is -2.16. The van der Waals surface area contributed by atoms with Gasteiger partial charge in [-0.05, 0) is 13.3 Å². The zero-order valence-electron chi connectivity index (χ0n) is 14.0. The number of thiazole rings is 1. The molecule has 2 aromatic rings. The van der Waals surface area contributed by atoms with Crippen molar-refractivity contribution < 1.29 is 4.79 Å². The molecule has 2 rings (SSSR count). The third-order valence-corrected chi connectivity index (χ3v) is 4.48. The molecule has 7 heteroatoms. The monoisotopic (exact) mass is 389 g/mol. The van der Waals surface area contributed by atoms with Gasteiger partial charge in [0, 0.05) is 18.2 Å². The Balaban J connectivity index is 0.00000264. The molecule has 0 aliphatic heterocycles. The maximum Gasteiger partial charge on any atom is 0.263 e. The van der Waals surface area contributed by atoms with Crippen LogP contribution in [-0.2, 0) is 0 Å². The van der Waals surface area contributed by atoms with E-state index in [0.29, 0.717) is 11.4 Å². The topological polar surface area (TPSA) is 68.0 Å². The van der Waals surface area contributed by atoms with Gasteiger partial charge in [-0.3, -0.25) is 4.79 Å². The van der Waals surface area contributed by atoms with Crippen LogP contribution in [0.5, 0.6) is 0 Å².